The summed E-state index contributed by atoms with van der Waals surface area (Å²) in [5, 5.41) is 8.52. The molecule has 0 aliphatic carbocycles. The minimum atomic E-state index is 0. The van der Waals surface area contributed by atoms with Crippen LogP contribution in [0.5, 0.6) is 0 Å². The van der Waals surface area contributed by atoms with Gasteiger partial charge in [0.25, 0.3) is 0 Å². The number of hydrogen-bond donors (Lipinski definition) is 1. The number of hydrogen-bond acceptors (Lipinski definition) is 1. The smallest absolute Gasteiger partial charge is 0.0471 e. The van der Waals surface area contributed by atoms with E-state index in [2.05, 4.69) is 0 Å². The highest BCUT2D eigenvalue weighted by atomic mass is 16.2. The minimum absolute atomic E-state index is 0. The first-order valence-electron chi connectivity index (χ1n) is 4.08. The van der Waals surface area contributed by atoms with Crippen molar-refractivity contribution in [1.29, 1.82) is 0 Å². The van der Waals surface area contributed by atoms with Gasteiger partial charge in [-0.15, -0.1) is 0 Å². The summed E-state index contributed by atoms with van der Waals surface area (Å²) in [4.78, 5) is 0. The van der Waals surface area contributed by atoms with Gasteiger partial charge in [-0.1, -0.05) is 51.6 Å². The predicted octanol–water partition coefficient (Wildman–Crippen LogP) is 2.88. The van der Waals surface area contributed by atoms with E-state index < -0.39 is 0 Å². The summed E-state index contributed by atoms with van der Waals surface area (Å²) >= 11 is 0. The molecule has 0 amide bonds. The van der Waals surface area contributed by atoms with Crippen molar-refractivity contribution in [1.82, 2.24) is 0 Å². The van der Waals surface area contributed by atoms with E-state index in [-0.39, 0.29) is 14.0 Å². The van der Waals surface area contributed by atoms with Crippen molar-refractivity contribution in [3.05, 3.63) is 35.9 Å². The normalized spacial score (nSPS) is 7.58. The van der Waals surface area contributed by atoms with E-state index >= 15 is 0 Å². The maximum Gasteiger partial charge on any atom is 0.0471 e. The van der Waals surface area contributed by atoms with Gasteiger partial charge in [0.05, 0.1) is 0 Å². The topological polar surface area (TPSA) is 20.2 Å². The molecule has 0 unspecified atom stereocenters. The molecule has 1 heteroatoms. The van der Waals surface area contributed by atoms with Crippen molar-refractivity contribution in [3.63, 3.8) is 0 Å². The van der Waals surface area contributed by atoms with Crippen LogP contribution >= 0.6 is 0 Å². The highest BCUT2D eigenvalue weighted by Gasteiger charge is 1.85. The molecule has 0 saturated carbocycles. The van der Waals surface area contributed by atoms with Crippen molar-refractivity contribution in [3.8, 4) is 0 Å². The van der Waals surface area contributed by atoms with Crippen LogP contribution in [0.1, 0.15) is 26.8 Å². The van der Waals surface area contributed by atoms with Crippen molar-refractivity contribution in [2.45, 2.75) is 27.7 Å². The Morgan fingerprint density at radius 3 is 2.00 bits per heavy atom. The van der Waals surface area contributed by atoms with Gasteiger partial charge >= 0.3 is 0 Å². The van der Waals surface area contributed by atoms with Gasteiger partial charge in [0.1, 0.15) is 0 Å². The number of benzene rings is 1. The largest absolute Gasteiger partial charge is 0.396 e. The molecule has 70 valence electrons. The van der Waals surface area contributed by atoms with Gasteiger partial charge in [-0.3, -0.25) is 0 Å². The lowest BCUT2D eigenvalue weighted by Gasteiger charge is -1.93. The van der Waals surface area contributed by atoms with Gasteiger partial charge in [-0.2, -0.15) is 0 Å². The quantitative estimate of drug-likeness (QED) is 0.720. The van der Waals surface area contributed by atoms with Crippen LogP contribution in [0.3, 0.4) is 0 Å². The zero-order valence-electron chi connectivity index (χ0n) is 7.25. The molecule has 0 spiro atoms. The highest BCUT2D eigenvalue weighted by Crippen LogP contribution is 1.97. The van der Waals surface area contributed by atoms with Crippen LogP contribution in [0.2, 0.25) is 0 Å². The van der Waals surface area contributed by atoms with Gasteiger partial charge in [-0.25, -0.2) is 0 Å². The molecule has 1 aromatic carbocycles. The summed E-state index contributed by atoms with van der Waals surface area (Å²) in [7, 11) is 0. The summed E-state index contributed by atoms with van der Waals surface area (Å²) in [6.07, 6.45) is 0.765. The SMILES string of the molecule is C.CC.OCCc1ccccc1. The third-order valence-corrected chi connectivity index (χ3v) is 1.24. The Balaban J connectivity index is 0. The Morgan fingerprint density at radius 1 is 1.08 bits per heavy atom. The molecule has 0 fully saturated rings. The first-order valence-corrected chi connectivity index (χ1v) is 4.08. The number of rotatable bonds is 2. The number of aliphatic hydroxyl groups is 1. The Morgan fingerprint density at radius 2 is 1.58 bits per heavy atom. The maximum absolute atomic E-state index is 8.52. The minimum Gasteiger partial charge on any atom is -0.396 e. The molecule has 0 saturated heterocycles. The van der Waals surface area contributed by atoms with Crippen LogP contribution < -0.4 is 0 Å². The summed E-state index contributed by atoms with van der Waals surface area (Å²) in [6.45, 7) is 4.24. The third kappa shape index (κ3) is 5.93. The van der Waals surface area contributed by atoms with E-state index in [0.717, 1.165) is 6.42 Å². The predicted molar refractivity (Wildman–Crippen MR) is 55.3 cm³/mol. The van der Waals surface area contributed by atoms with Crippen molar-refractivity contribution in [2.24, 2.45) is 0 Å². The first-order chi connectivity index (χ1) is 5.43. The summed E-state index contributed by atoms with van der Waals surface area (Å²) in [5.41, 5.74) is 1.19. The van der Waals surface area contributed by atoms with E-state index in [9.17, 15) is 0 Å². The Bertz CT molecular complexity index is 158. The van der Waals surface area contributed by atoms with Crippen LogP contribution in [-0.4, -0.2) is 11.7 Å². The summed E-state index contributed by atoms with van der Waals surface area (Å²) in [6, 6.07) is 9.95. The average molecular weight is 168 g/mol. The van der Waals surface area contributed by atoms with E-state index in [1.54, 1.807) is 0 Å². The van der Waals surface area contributed by atoms with Gasteiger partial charge in [0.15, 0.2) is 0 Å². The molecule has 0 radical (unpaired) electrons. The molecular weight excluding hydrogens is 148 g/mol. The molecule has 12 heavy (non-hydrogen) atoms. The van der Waals surface area contributed by atoms with E-state index in [0.29, 0.717) is 0 Å². The molecule has 0 aliphatic heterocycles. The average Bonchev–Trinajstić information content (AvgIpc) is 2.11. The molecular formula is C11H20O. The molecule has 1 nitrogen and oxygen atoms in total. The first kappa shape index (κ1) is 13.7. The molecule has 0 heterocycles. The van der Waals surface area contributed by atoms with Crippen LogP contribution in [-0.2, 0) is 6.42 Å². The van der Waals surface area contributed by atoms with Crippen molar-refractivity contribution in [2.75, 3.05) is 6.61 Å². The zero-order chi connectivity index (χ0) is 8.53. The second-order valence-corrected chi connectivity index (χ2v) is 1.96. The lowest BCUT2D eigenvalue weighted by Crippen LogP contribution is -1.88. The number of aliphatic hydroxyl groups excluding tert-OH is 1. The Kier molecular flexibility index (Phi) is 11.7. The standard InChI is InChI=1S/C8H10O.C2H6.CH4/c9-7-6-8-4-2-1-3-5-8;1-2;/h1-5,9H,6-7H2;1-2H3;1H4. The molecule has 0 aliphatic rings. The fourth-order valence-electron chi connectivity index (χ4n) is 0.774. The fourth-order valence-corrected chi connectivity index (χ4v) is 0.774. The van der Waals surface area contributed by atoms with Gasteiger partial charge in [-0.05, 0) is 12.0 Å². The molecule has 0 aromatic heterocycles. The Hall–Kier alpha value is -0.820. The van der Waals surface area contributed by atoms with E-state index in [4.69, 9.17) is 5.11 Å². The summed E-state index contributed by atoms with van der Waals surface area (Å²) in [5.74, 6) is 0. The third-order valence-electron chi connectivity index (χ3n) is 1.24. The van der Waals surface area contributed by atoms with Crippen LogP contribution in [0.15, 0.2) is 30.3 Å². The zero-order valence-corrected chi connectivity index (χ0v) is 7.25. The fraction of sp³-hybridized carbons (Fsp3) is 0.455. The second-order valence-electron chi connectivity index (χ2n) is 1.96. The van der Waals surface area contributed by atoms with Crippen LogP contribution in [0, 0.1) is 0 Å². The molecule has 1 N–H and O–H groups in total. The Labute approximate surface area is 76.1 Å². The summed E-state index contributed by atoms with van der Waals surface area (Å²) < 4.78 is 0. The van der Waals surface area contributed by atoms with Crippen LogP contribution in [0.25, 0.3) is 0 Å². The highest BCUT2D eigenvalue weighted by molar-refractivity contribution is 5.14. The second kappa shape index (κ2) is 10.2. The molecule has 1 aromatic rings. The van der Waals surface area contributed by atoms with E-state index in [1.165, 1.54) is 5.56 Å². The molecule has 0 atom stereocenters. The van der Waals surface area contributed by atoms with E-state index in [1.807, 2.05) is 44.2 Å². The van der Waals surface area contributed by atoms with Gasteiger partial charge < -0.3 is 5.11 Å². The van der Waals surface area contributed by atoms with Crippen LogP contribution in [0.4, 0.5) is 0 Å². The maximum atomic E-state index is 8.52. The molecule has 1 rings (SSSR count). The monoisotopic (exact) mass is 168 g/mol. The van der Waals surface area contributed by atoms with Crippen molar-refractivity contribution < 1.29 is 5.11 Å². The lowest BCUT2D eigenvalue weighted by atomic mass is 10.2. The van der Waals surface area contributed by atoms with Gasteiger partial charge in [0.2, 0.25) is 0 Å². The molecule has 0 bridgehead atoms. The van der Waals surface area contributed by atoms with Crippen molar-refractivity contribution >= 4 is 0 Å². The lowest BCUT2D eigenvalue weighted by molar-refractivity contribution is 0.299. The van der Waals surface area contributed by atoms with Gasteiger partial charge in [0, 0.05) is 6.61 Å².